The molecule has 0 spiro atoms. The first kappa shape index (κ1) is 15.0. The third-order valence-electron chi connectivity index (χ3n) is 3.99. The molecular weight excluding hydrogens is 260 g/mol. The molecule has 0 aromatic heterocycles. The van der Waals surface area contributed by atoms with Crippen LogP contribution in [0.25, 0.3) is 0 Å². The maximum Gasteiger partial charge on any atom is 0.494 e. The second kappa shape index (κ2) is 4.86. The molecule has 20 heavy (non-hydrogen) atoms. The summed E-state index contributed by atoms with van der Waals surface area (Å²) in [5.74, 6) is -1.04. The van der Waals surface area contributed by atoms with Gasteiger partial charge in [0.05, 0.1) is 16.8 Å². The fraction of sp³-hybridized carbons (Fsp3) is 0.500. The highest BCUT2D eigenvalue weighted by molar-refractivity contribution is 6.62. The van der Waals surface area contributed by atoms with Crippen LogP contribution in [0.3, 0.4) is 0 Å². The van der Waals surface area contributed by atoms with Crippen molar-refractivity contribution in [3.8, 4) is 0 Å². The normalized spacial score (nSPS) is 20.0. The van der Waals surface area contributed by atoms with Crippen molar-refractivity contribution in [3.63, 3.8) is 0 Å². The standard InChI is InChI=1S/C14H19BFNO3/c1-13(2)14(3,4)20-15(19-13)9-6-7-10(11(16)8-9)12(18)17-5/h6-8H,1-5H3,(H,17,18). The SMILES string of the molecule is CNC(=O)c1ccc(B2OC(C)(C)C(C)(C)O2)cc1F. The van der Waals surface area contributed by atoms with Crippen LogP contribution in [-0.2, 0) is 9.31 Å². The van der Waals surface area contributed by atoms with Crippen LogP contribution in [0.1, 0.15) is 38.1 Å². The molecular formula is C14H19BFNO3. The van der Waals surface area contributed by atoms with Crippen LogP contribution < -0.4 is 10.8 Å². The fourth-order valence-electron chi connectivity index (χ4n) is 1.98. The Morgan fingerprint density at radius 1 is 1.20 bits per heavy atom. The summed E-state index contributed by atoms with van der Waals surface area (Å²) in [6.07, 6.45) is 0. The summed E-state index contributed by atoms with van der Waals surface area (Å²) >= 11 is 0. The van der Waals surface area contributed by atoms with Crippen LogP contribution in [-0.4, -0.2) is 31.3 Å². The summed E-state index contributed by atoms with van der Waals surface area (Å²) in [5, 5.41) is 2.40. The molecule has 1 amide bonds. The highest BCUT2D eigenvalue weighted by Gasteiger charge is 2.51. The molecule has 6 heteroatoms. The van der Waals surface area contributed by atoms with Crippen LogP contribution in [0.2, 0.25) is 0 Å². The van der Waals surface area contributed by atoms with Crippen molar-refractivity contribution in [1.29, 1.82) is 0 Å². The molecule has 0 radical (unpaired) electrons. The summed E-state index contributed by atoms with van der Waals surface area (Å²) in [6, 6.07) is 4.37. The Kier molecular flexibility index (Phi) is 3.65. The van der Waals surface area contributed by atoms with Gasteiger partial charge in [-0.25, -0.2) is 4.39 Å². The maximum absolute atomic E-state index is 14.0. The molecule has 2 rings (SSSR count). The average Bonchev–Trinajstić information content (AvgIpc) is 2.57. The highest BCUT2D eigenvalue weighted by Crippen LogP contribution is 2.36. The number of hydrogen-bond acceptors (Lipinski definition) is 3. The minimum Gasteiger partial charge on any atom is -0.399 e. The predicted molar refractivity (Wildman–Crippen MR) is 75.5 cm³/mol. The summed E-state index contributed by atoms with van der Waals surface area (Å²) in [7, 11) is 0.831. The summed E-state index contributed by atoms with van der Waals surface area (Å²) in [4.78, 5) is 11.5. The van der Waals surface area contributed by atoms with E-state index in [2.05, 4.69) is 5.32 Å². The van der Waals surface area contributed by atoms with E-state index >= 15 is 0 Å². The Morgan fingerprint density at radius 2 is 1.75 bits per heavy atom. The summed E-state index contributed by atoms with van der Waals surface area (Å²) in [6.45, 7) is 7.73. The van der Waals surface area contributed by atoms with Gasteiger partial charge in [-0.2, -0.15) is 0 Å². The lowest BCUT2D eigenvalue weighted by atomic mass is 9.78. The summed E-state index contributed by atoms with van der Waals surface area (Å²) in [5.41, 5.74) is -0.386. The largest absolute Gasteiger partial charge is 0.494 e. The average molecular weight is 279 g/mol. The zero-order valence-corrected chi connectivity index (χ0v) is 12.4. The number of nitrogens with one attached hydrogen (secondary N) is 1. The van der Waals surface area contributed by atoms with Crippen molar-refractivity contribution in [2.24, 2.45) is 0 Å². The Labute approximate surface area is 118 Å². The molecule has 1 saturated heterocycles. The van der Waals surface area contributed by atoms with Gasteiger partial charge < -0.3 is 14.6 Å². The van der Waals surface area contributed by atoms with Crippen LogP contribution in [0.15, 0.2) is 18.2 Å². The number of hydrogen-bond donors (Lipinski definition) is 1. The third kappa shape index (κ3) is 2.45. The molecule has 0 aliphatic carbocycles. The number of carbonyl (C=O) groups is 1. The topological polar surface area (TPSA) is 47.6 Å². The molecule has 108 valence electrons. The summed E-state index contributed by atoms with van der Waals surface area (Å²) < 4.78 is 25.6. The molecule has 1 aromatic rings. The van der Waals surface area contributed by atoms with E-state index in [0.29, 0.717) is 5.46 Å². The Hall–Kier alpha value is -1.40. The van der Waals surface area contributed by atoms with E-state index in [-0.39, 0.29) is 5.56 Å². The zero-order valence-electron chi connectivity index (χ0n) is 12.4. The van der Waals surface area contributed by atoms with Gasteiger partial charge in [0, 0.05) is 7.05 Å². The van der Waals surface area contributed by atoms with Gasteiger partial charge in [-0.15, -0.1) is 0 Å². The molecule has 0 atom stereocenters. The highest BCUT2D eigenvalue weighted by atomic mass is 19.1. The Bertz CT molecular complexity index is 529. The van der Waals surface area contributed by atoms with Gasteiger partial charge in [0.25, 0.3) is 5.91 Å². The molecule has 1 N–H and O–H groups in total. The molecule has 0 bridgehead atoms. The van der Waals surface area contributed by atoms with E-state index in [0.717, 1.165) is 0 Å². The van der Waals surface area contributed by atoms with Crippen LogP contribution >= 0.6 is 0 Å². The first-order chi connectivity index (χ1) is 9.18. The van der Waals surface area contributed by atoms with Crippen molar-refractivity contribution in [2.45, 2.75) is 38.9 Å². The fourth-order valence-corrected chi connectivity index (χ4v) is 1.98. The third-order valence-corrected chi connectivity index (χ3v) is 3.99. The molecule has 0 unspecified atom stereocenters. The van der Waals surface area contributed by atoms with Gasteiger partial charge in [-0.1, -0.05) is 6.07 Å². The number of benzene rings is 1. The zero-order chi connectivity index (χ0) is 15.1. The van der Waals surface area contributed by atoms with Gasteiger partial charge >= 0.3 is 7.12 Å². The smallest absolute Gasteiger partial charge is 0.399 e. The van der Waals surface area contributed by atoms with Crippen LogP contribution in [0, 0.1) is 5.82 Å². The van der Waals surface area contributed by atoms with E-state index < -0.39 is 30.0 Å². The monoisotopic (exact) mass is 279 g/mol. The number of rotatable bonds is 2. The molecule has 1 heterocycles. The minimum absolute atomic E-state index is 0.00719. The lowest BCUT2D eigenvalue weighted by Crippen LogP contribution is -2.41. The van der Waals surface area contributed by atoms with Crippen LogP contribution in [0.4, 0.5) is 4.39 Å². The van der Waals surface area contributed by atoms with E-state index in [4.69, 9.17) is 9.31 Å². The molecule has 1 aliphatic heterocycles. The van der Waals surface area contributed by atoms with E-state index in [1.54, 1.807) is 6.07 Å². The predicted octanol–water partition coefficient (Wildman–Crippen LogP) is 1.48. The van der Waals surface area contributed by atoms with Gasteiger partial charge in [-0.3, -0.25) is 4.79 Å². The Morgan fingerprint density at radius 3 is 2.20 bits per heavy atom. The van der Waals surface area contributed by atoms with Crippen molar-refractivity contribution >= 4 is 18.5 Å². The van der Waals surface area contributed by atoms with E-state index in [1.807, 2.05) is 27.7 Å². The molecule has 4 nitrogen and oxygen atoms in total. The molecule has 1 aliphatic rings. The lowest BCUT2D eigenvalue weighted by Gasteiger charge is -2.32. The van der Waals surface area contributed by atoms with Crippen molar-refractivity contribution in [1.82, 2.24) is 5.32 Å². The lowest BCUT2D eigenvalue weighted by molar-refractivity contribution is 0.00578. The number of halogens is 1. The Balaban J connectivity index is 2.28. The second-order valence-corrected chi connectivity index (χ2v) is 5.91. The van der Waals surface area contributed by atoms with Gasteiger partial charge in [0.2, 0.25) is 0 Å². The van der Waals surface area contributed by atoms with Crippen molar-refractivity contribution < 1.29 is 18.5 Å². The van der Waals surface area contributed by atoms with E-state index in [1.165, 1.54) is 19.2 Å². The van der Waals surface area contributed by atoms with Crippen molar-refractivity contribution in [3.05, 3.63) is 29.6 Å². The number of carbonyl (C=O) groups excluding carboxylic acids is 1. The van der Waals surface area contributed by atoms with E-state index in [9.17, 15) is 9.18 Å². The number of amides is 1. The second-order valence-electron chi connectivity index (χ2n) is 5.91. The van der Waals surface area contributed by atoms with Gasteiger partial charge in [0.1, 0.15) is 5.82 Å². The van der Waals surface area contributed by atoms with Crippen LogP contribution in [0.5, 0.6) is 0 Å². The maximum atomic E-state index is 14.0. The van der Waals surface area contributed by atoms with Gasteiger partial charge in [-0.05, 0) is 45.3 Å². The molecule has 0 saturated carbocycles. The first-order valence-corrected chi connectivity index (χ1v) is 6.55. The first-order valence-electron chi connectivity index (χ1n) is 6.55. The molecule has 1 fully saturated rings. The quantitative estimate of drug-likeness (QED) is 0.834. The molecule has 1 aromatic carbocycles. The minimum atomic E-state index is -0.631. The van der Waals surface area contributed by atoms with Gasteiger partial charge in [0.15, 0.2) is 0 Å². The van der Waals surface area contributed by atoms with Crippen molar-refractivity contribution in [2.75, 3.05) is 7.05 Å².